The second-order valence-electron chi connectivity index (χ2n) is 4.28. The van der Waals surface area contributed by atoms with Crippen molar-refractivity contribution in [1.29, 1.82) is 0 Å². The van der Waals surface area contributed by atoms with Gasteiger partial charge in [-0.3, -0.25) is 0 Å². The molecule has 1 nitrogen and oxygen atoms in total. The van der Waals surface area contributed by atoms with Crippen LogP contribution in [0.15, 0.2) is 40.2 Å². The number of hydrogen-bond donors (Lipinski definition) is 1. The van der Waals surface area contributed by atoms with Crippen molar-refractivity contribution in [3.8, 4) is 0 Å². The molecule has 1 N–H and O–H groups in total. The van der Waals surface area contributed by atoms with Gasteiger partial charge in [-0.2, -0.15) is 0 Å². The predicted octanol–water partition coefficient (Wildman–Crippen LogP) is 4.56. The van der Waals surface area contributed by atoms with E-state index in [1.165, 1.54) is 4.88 Å². The zero-order valence-electron chi connectivity index (χ0n) is 9.77. The van der Waals surface area contributed by atoms with E-state index in [1.54, 1.807) is 11.3 Å². The van der Waals surface area contributed by atoms with Crippen LogP contribution in [-0.4, -0.2) is 11.7 Å². The van der Waals surface area contributed by atoms with Crippen LogP contribution in [0.25, 0.3) is 0 Å². The van der Waals surface area contributed by atoms with Crippen LogP contribution in [0.4, 0.5) is 0 Å². The number of aliphatic hydroxyl groups excluding tert-OH is 1. The molecular weight excluding hydrogens is 332 g/mol. The van der Waals surface area contributed by atoms with Crippen molar-refractivity contribution in [3.05, 3.63) is 55.6 Å². The first kappa shape index (κ1) is 14.1. The van der Waals surface area contributed by atoms with E-state index in [1.807, 2.05) is 24.3 Å². The standard InChI is InChI=1S/C14H14BrClOS/c15-12-7-13(18-9-12)6-10(8-17)5-11-3-1-2-4-14(11)16/h1-4,7,9-10,17H,5-6,8H2. The maximum atomic E-state index is 9.50. The fourth-order valence-corrected chi connectivity index (χ4v) is 3.70. The summed E-state index contributed by atoms with van der Waals surface area (Å²) in [6.07, 6.45) is 1.70. The number of thiophene rings is 1. The third-order valence-electron chi connectivity index (χ3n) is 2.84. The van der Waals surface area contributed by atoms with Crippen LogP contribution in [0.2, 0.25) is 5.02 Å². The second kappa shape index (κ2) is 6.71. The lowest BCUT2D eigenvalue weighted by molar-refractivity contribution is 0.225. The van der Waals surface area contributed by atoms with Crippen LogP contribution in [-0.2, 0) is 12.8 Å². The minimum Gasteiger partial charge on any atom is -0.396 e. The van der Waals surface area contributed by atoms with Crippen LogP contribution < -0.4 is 0 Å². The van der Waals surface area contributed by atoms with Gasteiger partial charge in [0, 0.05) is 26.4 Å². The number of halogens is 2. The minimum absolute atomic E-state index is 0.181. The normalized spacial score (nSPS) is 12.6. The maximum Gasteiger partial charge on any atom is 0.0465 e. The highest BCUT2D eigenvalue weighted by molar-refractivity contribution is 9.10. The predicted molar refractivity (Wildman–Crippen MR) is 81.5 cm³/mol. The van der Waals surface area contributed by atoms with E-state index in [2.05, 4.69) is 27.4 Å². The molecule has 0 amide bonds. The van der Waals surface area contributed by atoms with Crippen LogP contribution >= 0.6 is 38.9 Å². The van der Waals surface area contributed by atoms with Gasteiger partial charge in [0.2, 0.25) is 0 Å². The van der Waals surface area contributed by atoms with Gasteiger partial charge in [-0.15, -0.1) is 11.3 Å². The van der Waals surface area contributed by atoms with Crippen molar-refractivity contribution < 1.29 is 5.11 Å². The Morgan fingerprint density at radius 1 is 1.28 bits per heavy atom. The van der Waals surface area contributed by atoms with Crippen molar-refractivity contribution in [1.82, 2.24) is 0 Å². The molecule has 0 radical (unpaired) electrons. The summed E-state index contributed by atoms with van der Waals surface area (Å²) in [5, 5.41) is 12.3. The fraction of sp³-hybridized carbons (Fsp3) is 0.286. The van der Waals surface area contributed by atoms with Crippen LogP contribution in [0.3, 0.4) is 0 Å². The molecule has 1 atom stereocenters. The summed E-state index contributed by atoms with van der Waals surface area (Å²) in [6.45, 7) is 0.181. The van der Waals surface area contributed by atoms with E-state index >= 15 is 0 Å². The third kappa shape index (κ3) is 3.82. The van der Waals surface area contributed by atoms with Crippen molar-refractivity contribution in [2.24, 2.45) is 5.92 Å². The smallest absolute Gasteiger partial charge is 0.0465 e. The fourth-order valence-electron chi connectivity index (χ4n) is 1.92. The lowest BCUT2D eigenvalue weighted by atomic mass is 9.96. The number of hydrogen-bond acceptors (Lipinski definition) is 2. The van der Waals surface area contributed by atoms with Gasteiger partial charge < -0.3 is 5.11 Å². The molecule has 0 aliphatic rings. The van der Waals surface area contributed by atoms with Crippen molar-refractivity contribution >= 4 is 38.9 Å². The van der Waals surface area contributed by atoms with Crippen LogP contribution in [0.5, 0.6) is 0 Å². The van der Waals surface area contributed by atoms with Gasteiger partial charge >= 0.3 is 0 Å². The number of aliphatic hydroxyl groups is 1. The van der Waals surface area contributed by atoms with Crippen molar-refractivity contribution in [2.75, 3.05) is 6.61 Å². The summed E-state index contributed by atoms with van der Waals surface area (Å²) >= 11 is 11.3. The second-order valence-corrected chi connectivity index (χ2v) is 6.60. The first-order valence-corrected chi connectivity index (χ1v) is 7.81. The molecule has 0 aliphatic carbocycles. The van der Waals surface area contributed by atoms with E-state index in [0.717, 1.165) is 27.9 Å². The van der Waals surface area contributed by atoms with Gasteiger partial charge in [0.05, 0.1) is 0 Å². The molecule has 96 valence electrons. The highest BCUT2D eigenvalue weighted by atomic mass is 79.9. The van der Waals surface area contributed by atoms with E-state index in [9.17, 15) is 5.11 Å². The van der Waals surface area contributed by atoms with Crippen LogP contribution in [0, 0.1) is 5.92 Å². The molecule has 0 saturated carbocycles. The molecule has 1 aromatic carbocycles. The molecule has 18 heavy (non-hydrogen) atoms. The first-order chi connectivity index (χ1) is 8.69. The third-order valence-corrected chi connectivity index (χ3v) is 4.92. The SMILES string of the molecule is OCC(Cc1cc(Br)cs1)Cc1ccccc1Cl. The molecule has 0 saturated heterocycles. The zero-order valence-corrected chi connectivity index (χ0v) is 12.9. The molecule has 2 rings (SSSR count). The summed E-state index contributed by atoms with van der Waals surface area (Å²) < 4.78 is 1.11. The Kier molecular flexibility index (Phi) is 5.25. The average Bonchev–Trinajstić information content (AvgIpc) is 2.76. The average molecular weight is 346 g/mol. The monoisotopic (exact) mass is 344 g/mol. The minimum atomic E-state index is 0.181. The molecule has 1 unspecified atom stereocenters. The van der Waals surface area contributed by atoms with E-state index in [0.29, 0.717) is 0 Å². The Labute approximate surface area is 125 Å². The quantitative estimate of drug-likeness (QED) is 0.842. The lowest BCUT2D eigenvalue weighted by Crippen LogP contribution is -2.12. The Bertz CT molecular complexity index is 512. The van der Waals surface area contributed by atoms with Gasteiger partial charge in [-0.05, 0) is 52.4 Å². The van der Waals surface area contributed by atoms with Crippen LogP contribution in [0.1, 0.15) is 10.4 Å². The van der Waals surface area contributed by atoms with Gasteiger partial charge in [0.1, 0.15) is 0 Å². The van der Waals surface area contributed by atoms with Gasteiger partial charge in [0.15, 0.2) is 0 Å². The summed E-state index contributed by atoms with van der Waals surface area (Å²) in [5.74, 6) is 0.218. The van der Waals surface area contributed by atoms with E-state index < -0.39 is 0 Å². The Hall–Kier alpha value is -0.350. The molecule has 0 aliphatic heterocycles. The maximum absolute atomic E-state index is 9.50. The molecule has 1 heterocycles. The Balaban J connectivity index is 2.04. The zero-order chi connectivity index (χ0) is 13.0. The number of rotatable bonds is 5. The summed E-state index contributed by atoms with van der Waals surface area (Å²) in [7, 11) is 0. The molecule has 4 heteroatoms. The summed E-state index contributed by atoms with van der Waals surface area (Å²) in [6, 6.07) is 9.94. The number of benzene rings is 1. The highest BCUT2D eigenvalue weighted by Gasteiger charge is 2.12. The van der Waals surface area contributed by atoms with E-state index in [-0.39, 0.29) is 12.5 Å². The molecule has 2 aromatic rings. The molecule has 0 spiro atoms. The van der Waals surface area contributed by atoms with Gasteiger partial charge in [-0.1, -0.05) is 29.8 Å². The highest BCUT2D eigenvalue weighted by Crippen LogP contribution is 2.25. The lowest BCUT2D eigenvalue weighted by Gasteiger charge is -2.14. The van der Waals surface area contributed by atoms with E-state index in [4.69, 9.17) is 11.6 Å². The molecule has 0 fully saturated rings. The topological polar surface area (TPSA) is 20.2 Å². The van der Waals surface area contributed by atoms with Crippen molar-refractivity contribution in [3.63, 3.8) is 0 Å². The molecule has 1 aromatic heterocycles. The van der Waals surface area contributed by atoms with Crippen molar-refractivity contribution in [2.45, 2.75) is 12.8 Å². The summed E-state index contributed by atoms with van der Waals surface area (Å²) in [5.41, 5.74) is 1.11. The Morgan fingerprint density at radius 3 is 2.67 bits per heavy atom. The Morgan fingerprint density at radius 2 is 2.06 bits per heavy atom. The first-order valence-electron chi connectivity index (χ1n) is 5.76. The molecule has 0 bridgehead atoms. The van der Waals surface area contributed by atoms with Gasteiger partial charge in [0.25, 0.3) is 0 Å². The largest absolute Gasteiger partial charge is 0.396 e. The molecular formula is C14H14BrClOS. The summed E-state index contributed by atoms with van der Waals surface area (Å²) in [4.78, 5) is 1.29. The van der Waals surface area contributed by atoms with Gasteiger partial charge in [-0.25, -0.2) is 0 Å².